The van der Waals surface area contributed by atoms with E-state index in [0.717, 1.165) is 27.4 Å². The summed E-state index contributed by atoms with van der Waals surface area (Å²) in [6, 6.07) is 14.2. The second-order valence-electron chi connectivity index (χ2n) is 6.07. The number of rotatable bonds is 5. The minimum Gasteiger partial charge on any atom is -0.351 e. The molecular formula is C19H18N4OS2. The van der Waals surface area contributed by atoms with E-state index in [4.69, 9.17) is 0 Å². The molecule has 26 heavy (non-hydrogen) atoms. The molecule has 4 aromatic rings. The molecule has 3 aromatic heterocycles. The Labute approximate surface area is 159 Å². The van der Waals surface area contributed by atoms with Gasteiger partial charge in [0.1, 0.15) is 10.9 Å². The number of amides is 1. The van der Waals surface area contributed by atoms with Gasteiger partial charge in [0.2, 0.25) is 5.91 Å². The fraction of sp³-hybridized carbons (Fsp3) is 0.211. The number of benzene rings is 1. The van der Waals surface area contributed by atoms with Crippen molar-refractivity contribution in [3.05, 3.63) is 58.7 Å². The first-order valence-electron chi connectivity index (χ1n) is 8.30. The Morgan fingerprint density at radius 1 is 1.15 bits per heavy atom. The van der Waals surface area contributed by atoms with Crippen molar-refractivity contribution in [2.75, 3.05) is 5.75 Å². The van der Waals surface area contributed by atoms with Gasteiger partial charge in [-0.15, -0.1) is 21.5 Å². The summed E-state index contributed by atoms with van der Waals surface area (Å²) >= 11 is 3.18. The molecule has 0 spiro atoms. The first kappa shape index (κ1) is 17.1. The minimum absolute atomic E-state index is 0.0106. The molecule has 0 fully saturated rings. The van der Waals surface area contributed by atoms with Gasteiger partial charge in [-0.2, -0.15) is 0 Å². The van der Waals surface area contributed by atoms with Gasteiger partial charge in [-0.25, -0.2) is 0 Å². The topological polar surface area (TPSA) is 59.3 Å². The van der Waals surface area contributed by atoms with E-state index in [-0.39, 0.29) is 5.91 Å². The monoisotopic (exact) mass is 382 g/mol. The number of carbonyl (C=O) groups excluding carboxylic acids is 1. The molecular weight excluding hydrogens is 364 g/mol. The molecule has 7 heteroatoms. The van der Waals surface area contributed by atoms with Gasteiger partial charge < -0.3 is 5.32 Å². The summed E-state index contributed by atoms with van der Waals surface area (Å²) in [5.74, 6) is 1.16. The van der Waals surface area contributed by atoms with Crippen LogP contribution in [0.3, 0.4) is 0 Å². The fourth-order valence-electron chi connectivity index (χ4n) is 2.92. The Morgan fingerprint density at radius 2 is 1.96 bits per heavy atom. The molecule has 5 nitrogen and oxygen atoms in total. The average Bonchev–Trinajstić information content (AvgIpc) is 3.16. The second kappa shape index (κ2) is 7.09. The number of aromatic nitrogens is 3. The van der Waals surface area contributed by atoms with E-state index < -0.39 is 0 Å². The van der Waals surface area contributed by atoms with Crippen molar-refractivity contribution in [1.29, 1.82) is 0 Å². The standard InChI is InChI=1S/C19H18N4OS2/c1-12-8-15-17(26-12)9-16-19(22-21-13(2)23(15)16)25-11-18(24)20-10-14-6-4-3-5-7-14/h3-9H,10-11H2,1-2H3,(H,20,24). The highest BCUT2D eigenvalue weighted by molar-refractivity contribution is 8.00. The van der Waals surface area contributed by atoms with Crippen LogP contribution in [0.4, 0.5) is 0 Å². The van der Waals surface area contributed by atoms with Crippen LogP contribution < -0.4 is 5.32 Å². The number of nitrogens with one attached hydrogen (secondary N) is 1. The van der Waals surface area contributed by atoms with Crippen LogP contribution in [0.25, 0.3) is 15.7 Å². The van der Waals surface area contributed by atoms with Crippen molar-refractivity contribution in [2.24, 2.45) is 0 Å². The van der Waals surface area contributed by atoms with Crippen molar-refractivity contribution >= 4 is 44.7 Å². The lowest BCUT2D eigenvalue weighted by Gasteiger charge is -2.07. The van der Waals surface area contributed by atoms with Crippen LogP contribution in [0.1, 0.15) is 16.3 Å². The third kappa shape index (κ3) is 3.32. The quantitative estimate of drug-likeness (QED) is 0.531. The molecule has 4 rings (SSSR count). The molecule has 0 radical (unpaired) electrons. The third-order valence-electron chi connectivity index (χ3n) is 4.11. The summed E-state index contributed by atoms with van der Waals surface area (Å²) in [6.07, 6.45) is 0. The lowest BCUT2D eigenvalue weighted by atomic mass is 10.2. The number of aryl methyl sites for hydroxylation is 2. The summed E-state index contributed by atoms with van der Waals surface area (Å²) in [5.41, 5.74) is 3.26. The lowest BCUT2D eigenvalue weighted by molar-refractivity contribution is -0.118. The summed E-state index contributed by atoms with van der Waals surface area (Å²) in [7, 11) is 0. The van der Waals surface area contributed by atoms with Crippen LogP contribution in [0.5, 0.6) is 0 Å². The Bertz CT molecular complexity index is 1090. The zero-order valence-corrected chi connectivity index (χ0v) is 16.2. The minimum atomic E-state index is -0.0106. The van der Waals surface area contributed by atoms with Gasteiger partial charge in [-0.3, -0.25) is 9.20 Å². The first-order valence-corrected chi connectivity index (χ1v) is 10.1. The number of thiophene rings is 1. The van der Waals surface area contributed by atoms with Crippen LogP contribution in [-0.4, -0.2) is 26.3 Å². The molecule has 1 amide bonds. The van der Waals surface area contributed by atoms with E-state index in [2.05, 4.69) is 39.0 Å². The molecule has 0 aliphatic rings. The van der Waals surface area contributed by atoms with Crippen molar-refractivity contribution in [3.63, 3.8) is 0 Å². The third-order valence-corrected chi connectivity index (χ3v) is 6.07. The van der Waals surface area contributed by atoms with E-state index >= 15 is 0 Å². The number of thioether (sulfide) groups is 1. The van der Waals surface area contributed by atoms with E-state index in [1.807, 2.05) is 37.3 Å². The molecule has 1 N–H and O–H groups in total. The van der Waals surface area contributed by atoms with Crippen LogP contribution in [-0.2, 0) is 11.3 Å². The molecule has 0 saturated heterocycles. The van der Waals surface area contributed by atoms with Crippen LogP contribution in [0.15, 0.2) is 47.5 Å². The van der Waals surface area contributed by atoms with Crippen molar-refractivity contribution in [2.45, 2.75) is 25.4 Å². The Hall–Kier alpha value is -2.38. The summed E-state index contributed by atoms with van der Waals surface area (Å²) in [6.45, 7) is 4.59. The van der Waals surface area contributed by atoms with Crippen LogP contribution in [0.2, 0.25) is 0 Å². The number of hydrogen-bond acceptors (Lipinski definition) is 5. The molecule has 0 atom stereocenters. The Kier molecular flexibility index (Phi) is 4.65. The molecule has 0 aliphatic carbocycles. The highest BCUT2D eigenvalue weighted by Crippen LogP contribution is 2.32. The maximum Gasteiger partial charge on any atom is 0.230 e. The van der Waals surface area contributed by atoms with Gasteiger partial charge in [-0.05, 0) is 31.5 Å². The lowest BCUT2D eigenvalue weighted by Crippen LogP contribution is -2.24. The van der Waals surface area contributed by atoms with Gasteiger partial charge in [0, 0.05) is 11.4 Å². The van der Waals surface area contributed by atoms with E-state index in [9.17, 15) is 4.79 Å². The summed E-state index contributed by atoms with van der Waals surface area (Å²) in [4.78, 5) is 13.4. The number of nitrogens with zero attached hydrogens (tertiary/aromatic N) is 3. The zero-order valence-electron chi connectivity index (χ0n) is 14.5. The normalized spacial score (nSPS) is 11.3. The van der Waals surface area contributed by atoms with E-state index in [0.29, 0.717) is 12.3 Å². The molecule has 3 heterocycles. The van der Waals surface area contributed by atoms with E-state index in [1.54, 1.807) is 11.3 Å². The Morgan fingerprint density at radius 3 is 2.77 bits per heavy atom. The van der Waals surface area contributed by atoms with Gasteiger partial charge in [0.05, 0.1) is 21.5 Å². The van der Waals surface area contributed by atoms with Crippen molar-refractivity contribution < 1.29 is 4.79 Å². The van der Waals surface area contributed by atoms with Gasteiger partial charge in [-0.1, -0.05) is 42.1 Å². The zero-order chi connectivity index (χ0) is 18.1. The molecule has 132 valence electrons. The number of carbonyl (C=O) groups is 1. The highest BCUT2D eigenvalue weighted by Gasteiger charge is 2.14. The second-order valence-corrected chi connectivity index (χ2v) is 8.33. The maximum absolute atomic E-state index is 12.2. The van der Waals surface area contributed by atoms with Gasteiger partial charge >= 0.3 is 0 Å². The highest BCUT2D eigenvalue weighted by atomic mass is 32.2. The van der Waals surface area contributed by atoms with Crippen molar-refractivity contribution in [3.8, 4) is 0 Å². The molecule has 0 unspecified atom stereocenters. The van der Waals surface area contributed by atoms with E-state index in [1.165, 1.54) is 21.3 Å². The van der Waals surface area contributed by atoms with Crippen LogP contribution in [0, 0.1) is 13.8 Å². The summed E-state index contributed by atoms with van der Waals surface area (Å²) < 4.78 is 3.34. The predicted octanol–water partition coefficient (Wildman–Crippen LogP) is 3.97. The molecule has 0 aliphatic heterocycles. The van der Waals surface area contributed by atoms with Gasteiger partial charge in [0.15, 0.2) is 0 Å². The van der Waals surface area contributed by atoms with Crippen molar-refractivity contribution in [1.82, 2.24) is 19.9 Å². The Balaban J connectivity index is 1.49. The van der Waals surface area contributed by atoms with Crippen LogP contribution >= 0.6 is 23.1 Å². The largest absolute Gasteiger partial charge is 0.351 e. The van der Waals surface area contributed by atoms with Gasteiger partial charge in [0.25, 0.3) is 0 Å². The molecule has 0 saturated carbocycles. The average molecular weight is 383 g/mol. The number of fused-ring (bicyclic) bond motifs is 3. The molecule has 1 aromatic carbocycles. The maximum atomic E-state index is 12.2. The number of hydrogen-bond donors (Lipinski definition) is 1. The first-order chi connectivity index (χ1) is 12.6. The summed E-state index contributed by atoms with van der Waals surface area (Å²) in [5, 5.41) is 12.3. The molecule has 0 bridgehead atoms. The fourth-order valence-corrected chi connectivity index (χ4v) is 4.63. The smallest absolute Gasteiger partial charge is 0.230 e. The predicted molar refractivity (Wildman–Crippen MR) is 107 cm³/mol. The SMILES string of the molecule is Cc1cc2c(cc3c(SCC(=O)NCc4ccccc4)nnc(C)n32)s1.